The maximum absolute atomic E-state index is 10.5. The van der Waals surface area contributed by atoms with E-state index in [4.69, 9.17) is 4.74 Å². The van der Waals surface area contributed by atoms with Gasteiger partial charge in [0.2, 0.25) is 5.69 Å². The Morgan fingerprint density at radius 2 is 1.81 bits per heavy atom. The number of rotatable bonds is 2. The van der Waals surface area contributed by atoms with Crippen molar-refractivity contribution in [1.29, 1.82) is 0 Å². The molecule has 0 amide bonds. The van der Waals surface area contributed by atoms with E-state index in [2.05, 4.69) is 11.5 Å². The lowest BCUT2D eigenvalue weighted by molar-refractivity contribution is -0.686. The van der Waals surface area contributed by atoms with Crippen LogP contribution in [-0.4, -0.2) is 22.4 Å². The van der Waals surface area contributed by atoms with Crippen molar-refractivity contribution in [1.82, 2.24) is 0 Å². The first kappa shape index (κ1) is 18.1. The summed E-state index contributed by atoms with van der Waals surface area (Å²) in [5.74, 6) is 0.388. The summed E-state index contributed by atoms with van der Waals surface area (Å²) in [6.45, 7) is 2.82. The van der Waals surface area contributed by atoms with Crippen molar-refractivity contribution in [3.63, 3.8) is 0 Å². The zero-order valence-electron chi connectivity index (χ0n) is 14.6. The number of phenols is 3. The van der Waals surface area contributed by atoms with Crippen LogP contribution in [0.2, 0.25) is 0 Å². The van der Waals surface area contributed by atoms with Gasteiger partial charge in [-0.1, -0.05) is 6.92 Å². The zero-order valence-corrected chi connectivity index (χ0v) is 15.3. The van der Waals surface area contributed by atoms with Gasteiger partial charge in [-0.3, -0.25) is 0 Å². The van der Waals surface area contributed by atoms with Crippen LogP contribution in [0.15, 0.2) is 30.5 Å². The van der Waals surface area contributed by atoms with Gasteiger partial charge >= 0.3 is 0 Å². The third-order valence-corrected chi connectivity index (χ3v) is 5.01. The minimum absolute atomic E-state index is 0. The fourth-order valence-electron chi connectivity index (χ4n) is 3.81. The number of pyridine rings is 1. The third-order valence-electron chi connectivity index (χ3n) is 5.01. The van der Waals surface area contributed by atoms with Gasteiger partial charge in [-0.05, 0) is 36.2 Å². The second-order valence-electron chi connectivity index (χ2n) is 6.33. The van der Waals surface area contributed by atoms with Crippen LogP contribution in [-0.2, 0) is 19.4 Å². The second-order valence-corrected chi connectivity index (χ2v) is 6.33. The van der Waals surface area contributed by atoms with Gasteiger partial charge in [-0.15, -0.1) is 0 Å². The van der Waals surface area contributed by atoms with E-state index in [1.165, 1.54) is 0 Å². The molecule has 0 saturated heterocycles. The molecule has 2 aromatic carbocycles. The number of hydrogen-bond donors (Lipinski definition) is 3. The molecular weight excluding hydrogens is 354 g/mol. The molecule has 3 N–H and O–H groups in total. The number of phenolic OH excluding ortho intramolecular Hbond substituents is 3. The lowest BCUT2D eigenvalue weighted by Gasteiger charge is -2.20. The van der Waals surface area contributed by atoms with E-state index in [-0.39, 0.29) is 29.7 Å². The van der Waals surface area contributed by atoms with Gasteiger partial charge in [0.1, 0.15) is 0 Å². The van der Waals surface area contributed by atoms with E-state index in [1.807, 2.05) is 12.3 Å². The molecule has 0 saturated carbocycles. The molecule has 0 unspecified atom stereocenters. The molecule has 26 heavy (non-hydrogen) atoms. The van der Waals surface area contributed by atoms with Crippen LogP contribution in [0.3, 0.4) is 0 Å². The fraction of sp³-hybridized carbons (Fsp3) is 0.250. The average molecular weight is 374 g/mol. The normalized spacial score (nSPS) is 12.2. The largest absolute Gasteiger partial charge is 1.00 e. The molecule has 0 atom stereocenters. The number of methoxy groups -OCH3 is 1. The first-order valence-corrected chi connectivity index (χ1v) is 8.35. The van der Waals surface area contributed by atoms with Gasteiger partial charge < -0.3 is 32.5 Å². The van der Waals surface area contributed by atoms with Gasteiger partial charge in [0.25, 0.3) is 0 Å². The number of ether oxygens (including phenoxy) is 1. The monoisotopic (exact) mass is 373 g/mol. The molecular formula is C20H20ClNO4. The van der Waals surface area contributed by atoms with Crippen LogP contribution in [0.1, 0.15) is 18.1 Å². The molecule has 5 nitrogen and oxygen atoms in total. The Morgan fingerprint density at radius 1 is 1.08 bits per heavy atom. The maximum Gasteiger partial charge on any atom is 0.216 e. The van der Waals surface area contributed by atoms with E-state index in [9.17, 15) is 15.3 Å². The predicted molar refractivity (Wildman–Crippen MR) is 94.2 cm³/mol. The zero-order chi connectivity index (χ0) is 17.7. The summed E-state index contributed by atoms with van der Waals surface area (Å²) in [6, 6.07) is 7.00. The molecule has 0 radical (unpaired) electrons. The molecule has 0 bridgehead atoms. The molecule has 136 valence electrons. The minimum Gasteiger partial charge on any atom is -1.00 e. The van der Waals surface area contributed by atoms with Crippen molar-refractivity contribution in [2.75, 3.05) is 7.11 Å². The Bertz CT molecular complexity index is 1020. The number of halogens is 1. The topological polar surface area (TPSA) is 73.8 Å². The minimum atomic E-state index is -0.119. The standard InChI is InChI=1S/C20H19NO4.ClH/c1-3-12-13-4-5-18(25-2)20(24)15(13)10-21-7-6-11-8-16(22)17(23)9-14(11)19(12)21;/h4-5,8-10H,3,6-7H2,1-2H3,(H2,22,23,24);1H. The van der Waals surface area contributed by atoms with Crippen molar-refractivity contribution in [2.45, 2.75) is 26.3 Å². The Hall–Kier alpha value is -2.66. The van der Waals surface area contributed by atoms with Crippen LogP contribution in [0.4, 0.5) is 0 Å². The van der Waals surface area contributed by atoms with E-state index < -0.39 is 0 Å². The maximum atomic E-state index is 10.5. The smallest absolute Gasteiger partial charge is 0.216 e. The predicted octanol–water partition coefficient (Wildman–Crippen LogP) is 0.0422. The summed E-state index contributed by atoms with van der Waals surface area (Å²) in [6.07, 6.45) is 3.47. The number of hydrogen-bond acceptors (Lipinski definition) is 4. The average Bonchev–Trinajstić information content (AvgIpc) is 2.61. The molecule has 0 aliphatic carbocycles. The molecule has 2 heterocycles. The highest BCUT2D eigenvalue weighted by Gasteiger charge is 2.30. The summed E-state index contributed by atoms with van der Waals surface area (Å²) in [5.41, 5.74) is 4.07. The highest BCUT2D eigenvalue weighted by Crippen LogP contribution is 2.41. The number of fused-ring (bicyclic) bond motifs is 4. The molecule has 1 aliphatic heterocycles. The molecule has 4 rings (SSSR count). The highest BCUT2D eigenvalue weighted by molar-refractivity contribution is 5.94. The van der Waals surface area contributed by atoms with Gasteiger partial charge in [-0.25, -0.2) is 0 Å². The van der Waals surface area contributed by atoms with Crippen molar-refractivity contribution in [3.05, 3.63) is 41.6 Å². The van der Waals surface area contributed by atoms with E-state index >= 15 is 0 Å². The second kappa shape index (κ2) is 6.57. The van der Waals surface area contributed by atoms with Crippen molar-refractivity contribution < 1.29 is 37.0 Å². The number of aromatic nitrogens is 1. The van der Waals surface area contributed by atoms with Gasteiger partial charge in [0.05, 0.1) is 18.1 Å². The number of nitrogens with zero attached hydrogens (tertiary/aromatic N) is 1. The number of aryl methyl sites for hydroxylation is 3. The SMILES string of the molecule is CCc1c2[n+](cc3c(O)c(OC)ccc13)CCc1cc(O)c(O)cc1-2.[Cl-]. The summed E-state index contributed by atoms with van der Waals surface area (Å²) >= 11 is 0. The Labute approximate surface area is 157 Å². The Morgan fingerprint density at radius 3 is 2.50 bits per heavy atom. The van der Waals surface area contributed by atoms with Crippen LogP contribution < -0.4 is 21.7 Å². The van der Waals surface area contributed by atoms with Gasteiger partial charge in [0.15, 0.2) is 35.7 Å². The Kier molecular flexibility index (Phi) is 4.59. The van der Waals surface area contributed by atoms with Crippen LogP contribution in [0.5, 0.6) is 23.0 Å². The van der Waals surface area contributed by atoms with Gasteiger partial charge in [0, 0.05) is 17.4 Å². The van der Waals surface area contributed by atoms with E-state index in [0.717, 1.165) is 52.5 Å². The Balaban J connectivity index is 0.00000196. The third kappa shape index (κ3) is 2.51. The van der Waals surface area contributed by atoms with Crippen LogP contribution >= 0.6 is 0 Å². The number of benzene rings is 2. The van der Waals surface area contributed by atoms with Crippen molar-refractivity contribution in [3.8, 4) is 34.3 Å². The molecule has 6 heteroatoms. The lowest BCUT2D eigenvalue weighted by atomic mass is 9.90. The molecule has 0 spiro atoms. The molecule has 0 fully saturated rings. The summed E-state index contributed by atoms with van der Waals surface area (Å²) in [4.78, 5) is 0. The highest BCUT2D eigenvalue weighted by atomic mass is 35.5. The van der Waals surface area contributed by atoms with E-state index in [0.29, 0.717) is 5.75 Å². The van der Waals surface area contributed by atoms with Crippen LogP contribution in [0.25, 0.3) is 22.0 Å². The quantitative estimate of drug-likeness (QED) is 0.438. The van der Waals surface area contributed by atoms with Crippen LogP contribution in [0, 0.1) is 0 Å². The first-order chi connectivity index (χ1) is 12.0. The molecule has 3 aromatic rings. The number of aromatic hydroxyl groups is 3. The van der Waals surface area contributed by atoms with Crippen molar-refractivity contribution in [2.24, 2.45) is 0 Å². The molecule has 1 aliphatic rings. The molecule has 1 aromatic heterocycles. The van der Waals surface area contributed by atoms with E-state index in [1.54, 1.807) is 25.3 Å². The summed E-state index contributed by atoms with van der Waals surface area (Å²) in [5, 5.41) is 32.0. The summed E-state index contributed by atoms with van der Waals surface area (Å²) < 4.78 is 7.35. The van der Waals surface area contributed by atoms with Gasteiger partial charge in [-0.2, -0.15) is 4.57 Å². The van der Waals surface area contributed by atoms with Crippen molar-refractivity contribution >= 4 is 10.8 Å². The lowest BCUT2D eigenvalue weighted by Crippen LogP contribution is -3.00. The first-order valence-electron chi connectivity index (χ1n) is 8.35. The fourth-order valence-corrected chi connectivity index (χ4v) is 3.81. The summed E-state index contributed by atoms with van der Waals surface area (Å²) in [7, 11) is 1.54.